The maximum absolute atomic E-state index is 3.71. The van der Waals surface area contributed by atoms with E-state index in [1.165, 1.54) is 71.2 Å². The van der Waals surface area contributed by atoms with Gasteiger partial charge in [0.2, 0.25) is 0 Å². The average Bonchev–Trinajstić information content (AvgIpc) is 2.41. The van der Waals surface area contributed by atoms with Crippen molar-refractivity contribution in [2.75, 3.05) is 32.7 Å². The van der Waals surface area contributed by atoms with Gasteiger partial charge in [-0.3, -0.25) is 0 Å². The first-order valence-electron chi connectivity index (χ1n) is 8.87. The summed E-state index contributed by atoms with van der Waals surface area (Å²) in [5.74, 6) is 0. The van der Waals surface area contributed by atoms with E-state index < -0.39 is 0 Å². The molecular weight excluding hydrogens is 246 g/mol. The smallest absolute Gasteiger partial charge is 0.0197 e. The van der Waals surface area contributed by atoms with E-state index in [1.54, 1.807) is 0 Å². The standard InChI is InChI=1S/C17H35N3/c1-15(2)18-17-9-6-10-19(14-17)11-7-13-20-12-5-4-8-16(20)3/h15-18H,4-14H2,1-3H3. The lowest BCUT2D eigenvalue weighted by Crippen LogP contribution is -2.48. The second-order valence-electron chi connectivity index (χ2n) is 7.20. The van der Waals surface area contributed by atoms with Gasteiger partial charge in [-0.25, -0.2) is 0 Å². The molecule has 0 aromatic heterocycles. The second-order valence-corrected chi connectivity index (χ2v) is 7.20. The van der Waals surface area contributed by atoms with Crippen LogP contribution in [0.3, 0.4) is 0 Å². The lowest BCUT2D eigenvalue weighted by atomic mass is 10.0. The minimum Gasteiger partial charge on any atom is -0.311 e. The molecule has 2 aliphatic heterocycles. The number of nitrogens with zero attached hydrogens (tertiary/aromatic N) is 2. The van der Waals surface area contributed by atoms with E-state index in [9.17, 15) is 0 Å². The molecule has 118 valence electrons. The molecule has 2 atom stereocenters. The third-order valence-corrected chi connectivity index (χ3v) is 4.93. The quantitative estimate of drug-likeness (QED) is 0.807. The fourth-order valence-electron chi connectivity index (χ4n) is 3.85. The molecule has 2 unspecified atom stereocenters. The molecule has 3 nitrogen and oxygen atoms in total. The first-order chi connectivity index (χ1) is 9.65. The van der Waals surface area contributed by atoms with E-state index in [-0.39, 0.29) is 0 Å². The van der Waals surface area contributed by atoms with Crippen molar-refractivity contribution in [1.29, 1.82) is 0 Å². The Morgan fingerprint density at radius 1 is 1.05 bits per heavy atom. The molecule has 3 heteroatoms. The molecule has 0 amide bonds. The van der Waals surface area contributed by atoms with Crippen LogP contribution in [-0.4, -0.2) is 60.6 Å². The summed E-state index contributed by atoms with van der Waals surface area (Å²) in [7, 11) is 0. The number of hydrogen-bond donors (Lipinski definition) is 1. The Balaban J connectivity index is 1.63. The summed E-state index contributed by atoms with van der Waals surface area (Å²) in [6.07, 6.45) is 8.33. The zero-order valence-corrected chi connectivity index (χ0v) is 13.9. The van der Waals surface area contributed by atoms with Crippen molar-refractivity contribution in [3.05, 3.63) is 0 Å². The largest absolute Gasteiger partial charge is 0.311 e. The van der Waals surface area contributed by atoms with Crippen LogP contribution in [0.4, 0.5) is 0 Å². The van der Waals surface area contributed by atoms with Gasteiger partial charge in [0.1, 0.15) is 0 Å². The summed E-state index contributed by atoms with van der Waals surface area (Å²) in [5, 5.41) is 3.71. The Kier molecular flexibility index (Phi) is 6.79. The highest BCUT2D eigenvalue weighted by atomic mass is 15.2. The van der Waals surface area contributed by atoms with Crippen LogP contribution in [0.15, 0.2) is 0 Å². The van der Waals surface area contributed by atoms with E-state index in [4.69, 9.17) is 0 Å². The zero-order valence-electron chi connectivity index (χ0n) is 13.9. The van der Waals surface area contributed by atoms with Crippen molar-refractivity contribution in [3.8, 4) is 0 Å². The SMILES string of the molecule is CC(C)NC1CCCN(CCCN2CCCCC2C)C1. The van der Waals surface area contributed by atoms with Crippen LogP contribution in [-0.2, 0) is 0 Å². The van der Waals surface area contributed by atoms with Gasteiger partial charge >= 0.3 is 0 Å². The maximum Gasteiger partial charge on any atom is 0.0197 e. The fraction of sp³-hybridized carbons (Fsp3) is 1.00. The van der Waals surface area contributed by atoms with E-state index in [0.717, 1.165) is 12.1 Å². The molecule has 0 aromatic carbocycles. The minimum atomic E-state index is 0.620. The highest BCUT2D eigenvalue weighted by Gasteiger charge is 2.21. The molecule has 0 aromatic rings. The molecule has 0 spiro atoms. The predicted molar refractivity (Wildman–Crippen MR) is 87.2 cm³/mol. The van der Waals surface area contributed by atoms with Crippen molar-refractivity contribution in [3.63, 3.8) is 0 Å². The van der Waals surface area contributed by atoms with Crippen LogP contribution in [0.2, 0.25) is 0 Å². The summed E-state index contributed by atoms with van der Waals surface area (Å²) in [6, 6.07) is 2.16. The van der Waals surface area contributed by atoms with E-state index >= 15 is 0 Å². The van der Waals surface area contributed by atoms with Gasteiger partial charge in [0.15, 0.2) is 0 Å². The highest BCUT2D eigenvalue weighted by molar-refractivity contribution is 4.80. The van der Waals surface area contributed by atoms with Gasteiger partial charge in [-0.05, 0) is 65.2 Å². The van der Waals surface area contributed by atoms with E-state index in [2.05, 4.69) is 35.9 Å². The van der Waals surface area contributed by atoms with Gasteiger partial charge in [-0.2, -0.15) is 0 Å². The van der Waals surface area contributed by atoms with Crippen molar-refractivity contribution < 1.29 is 0 Å². The first kappa shape index (κ1) is 16.3. The monoisotopic (exact) mass is 281 g/mol. The first-order valence-corrected chi connectivity index (χ1v) is 8.87. The molecule has 2 saturated heterocycles. The Labute approximate surface area is 126 Å². The molecular formula is C17H35N3. The number of rotatable bonds is 6. The minimum absolute atomic E-state index is 0.620. The lowest BCUT2D eigenvalue weighted by Gasteiger charge is -2.36. The number of piperidine rings is 2. The zero-order chi connectivity index (χ0) is 14.4. The molecule has 2 heterocycles. The van der Waals surface area contributed by atoms with Gasteiger partial charge in [-0.1, -0.05) is 20.3 Å². The summed E-state index contributed by atoms with van der Waals surface area (Å²) in [6.45, 7) is 13.4. The Morgan fingerprint density at radius 3 is 2.65 bits per heavy atom. The molecule has 0 radical (unpaired) electrons. The normalized spacial score (nSPS) is 30.0. The van der Waals surface area contributed by atoms with Gasteiger partial charge in [-0.15, -0.1) is 0 Å². The Bertz CT molecular complexity index is 267. The lowest BCUT2D eigenvalue weighted by molar-refractivity contribution is 0.137. The Hall–Kier alpha value is -0.120. The summed E-state index contributed by atoms with van der Waals surface area (Å²) in [4.78, 5) is 5.38. The number of hydrogen-bond acceptors (Lipinski definition) is 3. The number of nitrogens with one attached hydrogen (secondary N) is 1. The summed E-state index contributed by atoms with van der Waals surface area (Å²) < 4.78 is 0. The fourth-order valence-corrected chi connectivity index (χ4v) is 3.85. The van der Waals surface area contributed by atoms with Crippen LogP contribution in [0, 0.1) is 0 Å². The van der Waals surface area contributed by atoms with Crippen molar-refractivity contribution in [2.24, 2.45) is 0 Å². The summed E-state index contributed by atoms with van der Waals surface area (Å²) in [5.41, 5.74) is 0. The van der Waals surface area contributed by atoms with Crippen LogP contribution < -0.4 is 5.32 Å². The van der Waals surface area contributed by atoms with Crippen molar-refractivity contribution in [1.82, 2.24) is 15.1 Å². The highest BCUT2D eigenvalue weighted by Crippen LogP contribution is 2.17. The molecule has 2 rings (SSSR count). The van der Waals surface area contributed by atoms with Gasteiger partial charge in [0.25, 0.3) is 0 Å². The molecule has 0 aliphatic carbocycles. The van der Waals surface area contributed by atoms with Crippen LogP contribution in [0.5, 0.6) is 0 Å². The predicted octanol–water partition coefficient (Wildman–Crippen LogP) is 2.71. The van der Waals surface area contributed by atoms with Crippen LogP contribution in [0.25, 0.3) is 0 Å². The number of likely N-dealkylation sites (tertiary alicyclic amines) is 2. The van der Waals surface area contributed by atoms with Crippen molar-refractivity contribution >= 4 is 0 Å². The molecule has 1 N–H and O–H groups in total. The molecule has 2 aliphatic rings. The molecule has 20 heavy (non-hydrogen) atoms. The van der Waals surface area contributed by atoms with E-state index in [0.29, 0.717) is 6.04 Å². The van der Waals surface area contributed by atoms with Gasteiger partial charge in [0.05, 0.1) is 0 Å². The van der Waals surface area contributed by atoms with Crippen LogP contribution in [0.1, 0.15) is 59.3 Å². The van der Waals surface area contributed by atoms with Gasteiger partial charge < -0.3 is 15.1 Å². The third kappa shape index (κ3) is 5.34. The maximum atomic E-state index is 3.71. The van der Waals surface area contributed by atoms with Crippen molar-refractivity contribution in [2.45, 2.75) is 77.4 Å². The summed E-state index contributed by atoms with van der Waals surface area (Å²) >= 11 is 0. The second kappa shape index (κ2) is 8.35. The topological polar surface area (TPSA) is 18.5 Å². The molecule has 2 fully saturated rings. The third-order valence-electron chi connectivity index (χ3n) is 4.93. The van der Waals surface area contributed by atoms with Crippen LogP contribution >= 0.6 is 0 Å². The molecule has 0 saturated carbocycles. The Morgan fingerprint density at radius 2 is 1.90 bits per heavy atom. The molecule has 0 bridgehead atoms. The van der Waals surface area contributed by atoms with Gasteiger partial charge in [0, 0.05) is 24.7 Å². The van der Waals surface area contributed by atoms with E-state index in [1.807, 2.05) is 0 Å². The average molecular weight is 281 g/mol.